The number of ether oxygens (including phenoxy) is 1. The van der Waals surface area contributed by atoms with E-state index in [0.717, 1.165) is 28.7 Å². The first kappa shape index (κ1) is 22.8. The van der Waals surface area contributed by atoms with Crippen LogP contribution in [0.25, 0.3) is 11.1 Å². The number of amides is 2. The van der Waals surface area contributed by atoms with E-state index < -0.39 is 17.5 Å². The van der Waals surface area contributed by atoms with Crippen molar-refractivity contribution in [3.05, 3.63) is 59.7 Å². The first-order valence-corrected chi connectivity index (χ1v) is 11.5. The van der Waals surface area contributed by atoms with Crippen molar-refractivity contribution in [3.63, 3.8) is 0 Å². The summed E-state index contributed by atoms with van der Waals surface area (Å²) in [5.41, 5.74) is 3.80. The van der Waals surface area contributed by atoms with Gasteiger partial charge in [0.25, 0.3) is 0 Å². The summed E-state index contributed by atoms with van der Waals surface area (Å²) in [6, 6.07) is 15.9. The SMILES string of the molecule is CCC[C@@H](CC(=O)NCC1(C(=O)O)CC1)NC(=O)OCC1c2ccccc2-c2ccccc21. The molecular weight excluding hydrogens is 420 g/mol. The quantitative estimate of drug-likeness (QED) is 0.506. The molecule has 1 fully saturated rings. The second-order valence-corrected chi connectivity index (χ2v) is 9.02. The highest BCUT2D eigenvalue weighted by molar-refractivity contribution is 5.82. The second-order valence-electron chi connectivity index (χ2n) is 9.02. The Labute approximate surface area is 193 Å². The third kappa shape index (κ3) is 5.02. The van der Waals surface area contributed by atoms with Gasteiger partial charge in [0.15, 0.2) is 0 Å². The Kier molecular flexibility index (Phi) is 6.67. The van der Waals surface area contributed by atoms with Gasteiger partial charge in [-0.1, -0.05) is 61.9 Å². The van der Waals surface area contributed by atoms with E-state index in [0.29, 0.717) is 19.3 Å². The van der Waals surface area contributed by atoms with E-state index in [2.05, 4.69) is 34.9 Å². The second kappa shape index (κ2) is 9.65. The molecule has 1 saturated carbocycles. The molecule has 2 aromatic carbocycles. The third-order valence-electron chi connectivity index (χ3n) is 6.67. The van der Waals surface area contributed by atoms with Gasteiger partial charge in [0.2, 0.25) is 5.91 Å². The molecule has 2 aliphatic rings. The minimum absolute atomic E-state index is 0.0261. The molecule has 1 atom stereocenters. The Balaban J connectivity index is 1.31. The summed E-state index contributed by atoms with van der Waals surface area (Å²) in [6.07, 6.45) is 2.13. The molecule has 0 bridgehead atoms. The number of nitrogens with one attached hydrogen (secondary N) is 2. The zero-order chi connectivity index (χ0) is 23.4. The summed E-state index contributed by atoms with van der Waals surface area (Å²) in [5, 5.41) is 14.8. The summed E-state index contributed by atoms with van der Waals surface area (Å²) in [6.45, 7) is 2.32. The Bertz CT molecular complexity index is 1000. The van der Waals surface area contributed by atoms with E-state index in [1.165, 1.54) is 0 Å². The number of fused-ring (bicyclic) bond motifs is 3. The Morgan fingerprint density at radius 3 is 2.21 bits per heavy atom. The number of carbonyl (C=O) groups excluding carboxylic acids is 2. The highest BCUT2D eigenvalue weighted by Crippen LogP contribution is 2.45. The molecule has 2 aliphatic carbocycles. The predicted molar refractivity (Wildman–Crippen MR) is 124 cm³/mol. The Morgan fingerprint density at radius 1 is 1.06 bits per heavy atom. The van der Waals surface area contributed by atoms with Crippen LogP contribution in [-0.2, 0) is 14.3 Å². The van der Waals surface area contributed by atoms with Crippen molar-refractivity contribution in [2.75, 3.05) is 13.2 Å². The average Bonchev–Trinajstić information content (AvgIpc) is 3.54. The van der Waals surface area contributed by atoms with E-state index in [1.807, 2.05) is 31.2 Å². The number of rotatable bonds is 10. The molecule has 174 valence electrons. The first-order chi connectivity index (χ1) is 15.9. The third-order valence-corrected chi connectivity index (χ3v) is 6.67. The van der Waals surface area contributed by atoms with E-state index in [9.17, 15) is 19.5 Å². The summed E-state index contributed by atoms with van der Waals surface area (Å²) >= 11 is 0. The lowest BCUT2D eigenvalue weighted by atomic mass is 9.98. The van der Waals surface area contributed by atoms with E-state index >= 15 is 0 Å². The van der Waals surface area contributed by atoms with Gasteiger partial charge >= 0.3 is 12.1 Å². The fourth-order valence-electron chi connectivity index (χ4n) is 4.56. The molecule has 0 aliphatic heterocycles. The van der Waals surface area contributed by atoms with Crippen molar-refractivity contribution >= 4 is 18.0 Å². The number of carboxylic acid groups (broad SMARTS) is 1. The van der Waals surface area contributed by atoms with Crippen LogP contribution in [0.2, 0.25) is 0 Å². The van der Waals surface area contributed by atoms with Crippen LogP contribution in [-0.4, -0.2) is 42.3 Å². The molecule has 3 N–H and O–H groups in total. The van der Waals surface area contributed by atoms with Crippen molar-refractivity contribution < 1.29 is 24.2 Å². The molecule has 0 aromatic heterocycles. The number of alkyl carbamates (subject to hydrolysis) is 1. The molecule has 7 heteroatoms. The van der Waals surface area contributed by atoms with Crippen molar-refractivity contribution in [2.45, 2.75) is 51.0 Å². The Morgan fingerprint density at radius 2 is 1.67 bits per heavy atom. The normalized spacial score (nSPS) is 16.3. The summed E-state index contributed by atoms with van der Waals surface area (Å²) in [7, 11) is 0. The van der Waals surface area contributed by atoms with Gasteiger partial charge in [-0.3, -0.25) is 9.59 Å². The largest absolute Gasteiger partial charge is 0.481 e. The van der Waals surface area contributed by atoms with Crippen LogP contribution in [0.3, 0.4) is 0 Å². The molecule has 0 unspecified atom stereocenters. The van der Waals surface area contributed by atoms with E-state index in [1.54, 1.807) is 0 Å². The highest BCUT2D eigenvalue weighted by atomic mass is 16.5. The topological polar surface area (TPSA) is 105 Å². The van der Waals surface area contributed by atoms with Crippen LogP contribution in [0.5, 0.6) is 0 Å². The standard InChI is InChI=1S/C26H30N2O5/c1-2-7-17(14-23(29)27-16-26(12-13-26)24(30)31)28-25(32)33-15-22-20-10-5-3-8-18(20)19-9-4-6-11-21(19)22/h3-6,8-11,17,22H,2,7,12-16H2,1H3,(H,27,29)(H,28,32)(H,30,31)/t17-/m0/s1. The molecule has 33 heavy (non-hydrogen) atoms. The molecule has 0 spiro atoms. The van der Waals surface area contributed by atoms with Crippen molar-refractivity contribution in [1.82, 2.24) is 10.6 Å². The van der Waals surface area contributed by atoms with Gasteiger partial charge in [-0.05, 0) is 41.5 Å². The number of carbonyl (C=O) groups is 3. The summed E-state index contributed by atoms with van der Waals surface area (Å²) in [5.74, 6) is -1.16. The van der Waals surface area contributed by atoms with Crippen molar-refractivity contribution in [3.8, 4) is 11.1 Å². The smallest absolute Gasteiger partial charge is 0.407 e. The zero-order valence-electron chi connectivity index (χ0n) is 18.8. The summed E-state index contributed by atoms with van der Waals surface area (Å²) < 4.78 is 5.59. The van der Waals surface area contributed by atoms with Crippen LogP contribution in [0, 0.1) is 5.41 Å². The van der Waals surface area contributed by atoms with Gasteiger partial charge in [0.1, 0.15) is 6.61 Å². The lowest BCUT2D eigenvalue weighted by Gasteiger charge is -2.20. The maximum absolute atomic E-state index is 12.6. The van der Waals surface area contributed by atoms with Gasteiger partial charge in [-0.25, -0.2) is 4.79 Å². The van der Waals surface area contributed by atoms with E-state index in [4.69, 9.17) is 4.74 Å². The van der Waals surface area contributed by atoms with Crippen LogP contribution < -0.4 is 10.6 Å². The number of hydrogen-bond donors (Lipinski definition) is 3. The van der Waals surface area contributed by atoms with Crippen LogP contribution in [0.15, 0.2) is 48.5 Å². The summed E-state index contributed by atoms with van der Waals surface area (Å²) in [4.78, 5) is 36.2. The van der Waals surface area contributed by atoms with Crippen molar-refractivity contribution in [2.24, 2.45) is 5.41 Å². The predicted octanol–water partition coefficient (Wildman–Crippen LogP) is 4.06. The minimum Gasteiger partial charge on any atom is -0.481 e. The molecule has 0 saturated heterocycles. The molecule has 2 aromatic rings. The van der Waals surface area contributed by atoms with Crippen molar-refractivity contribution in [1.29, 1.82) is 0 Å². The Hall–Kier alpha value is -3.35. The maximum Gasteiger partial charge on any atom is 0.407 e. The minimum atomic E-state index is -0.871. The van der Waals surface area contributed by atoms with Crippen LogP contribution in [0.1, 0.15) is 56.1 Å². The number of hydrogen-bond acceptors (Lipinski definition) is 4. The first-order valence-electron chi connectivity index (χ1n) is 11.5. The van der Waals surface area contributed by atoms with Crippen LogP contribution in [0.4, 0.5) is 4.79 Å². The molecule has 0 radical (unpaired) electrons. The fourth-order valence-corrected chi connectivity index (χ4v) is 4.56. The van der Waals surface area contributed by atoms with E-state index in [-0.39, 0.29) is 37.4 Å². The molecule has 2 amide bonds. The lowest BCUT2D eigenvalue weighted by Crippen LogP contribution is -2.41. The van der Waals surface area contributed by atoms with Gasteiger partial charge in [0.05, 0.1) is 5.41 Å². The van der Waals surface area contributed by atoms with Gasteiger partial charge < -0.3 is 20.5 Å². The number of carboxylic acids is 1. The molecule has 0 heterocycles. The maximum atomic E-state index is 12.6. The number of aliphatic carboxylic acids is 1. The van der Waals surface area contributed by atoms with Gasteiger partial charge in [-0.2, -0.15) is 0 Å². The van der Waals surface area contributed by atoms with Gasteiger partial charge in [0, 0.05) is 24.9 Å². The molecular formula is C26H30N2O5. The highest BCUT2D eigenvalue weighted by Gasteiger charge is 2.50. The monoisotopic (exact) mass is 450 g/mol. The van der Waals surface area contributed by atoms with Crippen LogP contribution >= 0.6 is 0 Å². The fraction of sp³-hybridized carbons (Fsp3) is 0.423. The zero-order valence-corrected chi connectivity index (χ0v) is 18.8. The molecule has 4 rings (SSSR count). The number of benzene rings is 2. The van der Waals surface area contributed by atoms with Gasteiger partial charge in [-0.15, -0.1) is 0 Å². The average molecular weight is 451 g/mol. The lowest BCUT2D eigenvalue weighted by molar-refractivity contribution is -0.143. The molecule has 7 nitrogen and oxygen atoms in total.